The third kappa shape index (κ3) is 2.63. The van der Waals surface area contributed by atoms with Crippen LogP contribution >= 0.6 is 11.3 Å². The highest BCUT2D eigenvalue weighted by Gasteiger charge is 2.11. The van der Waals surface area contributed by atoms with Gasteiger partial charge in [-0.15, -0.1) is 10.2 Å². The minimum absolute atomic E-state index is 0.363. The molecule has 0 saturated heterocycles. The van der Waals surface area contributed by atoms with Crippen LogP contribution in [0.4, 0.5) is 0 Å². The maximum atomic E-state index is 11.9. The van der Waals surface area contributed by atoms with Crippen molar-refractivity contribution in [1.29, 1.82) is 0 Å². The highest BCUT2D eigenvalue weighted by molar-refractivity contribution is 7.08. The molecule has 4 rings (SSSR count). The Kier molecular flexibility index (Phi) is 3.50. The van der Waals surface area contributed by atoms with E-state index in [1.165, 1.54) is 10.9 Å². The van der Waals surface area contributed by atoms with E-state index < -0.39 is 0 Å². The Labute approximate surface area is 141 Å². The van der Waals surface area contributed by atoms with E-state index in [1.54, 1.807) is 11.3 Å². The maximum Gasteiger partial charge on any atom is 0.336 e. The van der Waals surface area contributed by atoms with Gasteiger partial charge in [-0.05, 0) is 59.3 Å². The normalized spacial score (nSPS) is 11.2. The maximum absolute atomic E-state index is 11.9. The third-order valence-electron chi connectivity index (χ3n) is 3.99. The van der Waals surface area contributed by atoms with Gasteiger partial charge >= 0.3 is 5.63 Å². The van der Waals surface area contributed by atoms with Crippen LogP contribution in [0.5, 0.6) is 0 Å². The van der Waals surface area contributed by atoms with Crippen molar-refractivity contribution in [2.24, 2.45) is 0 Å². The summed E-state index contributed by atoms with van der Waals surface area (Å²) in [6, 6.07) is 7.36. The number of aromatic nitrogens is 4. The summed E-state index contributed by atoms with van der Waals surface area (Å²) in [5.41, 5.74) is 4.19. The van der Waals surface area contributed by atoms with E-state index in [2.05, 4.69) is 15.4 Å². The Bertz CT molecular complexity index is 1080. The molecule has 0 aliphatic rings. The van der Waals surface area contributed by atoms with Crippen molar-refractivity contribution in [3.8, 4) is 11.4 Å². The van der Waals surface area contributed by atoms with Crippen LogP contribution in [-0.2, 0) is 6.54 Å². The fourth-order valence-corrected chi connectivity index (χ4v) is 3.22. The van der Waals surface area contributed by atoms with Crippen LogP contribution in [0.2, 0.25) is 0 Å². The number of nitrogens with zero attached hydrogens (tertiary/aromatic N) is 4. The molecule has 0 aliphatic heterocycles. The predicted molar refractivity (Wildman–Crippen MR) is 92.2 cm³/mol. The Morgan fingerprint density at radius 2 is 2.04 bits per heavy atom. The number of thiophene rings is 1. The highest BCUT2D eigenvalue weighted by atomic mass is 32.1. The summed E-state index contributed by atoms with van der Waals surface area (Å²) < 4.78 is 5.32. The van der Waals surface area contributed by atoms with Crippen LogP contribution in [0.25, 0.3) is 22.4 Å². The smallest absolute Gasteiger partial charge is 0.336 e. The van der Waals surface area contributed by atoms with Gasteiger partial charge in [-0.1, -0.05) is 0 Å². The summed E-state index contributed by atoms with van der Waals surface area (Å²) in [7, 11) is 0. The third-order valence-corrected chi connectivity index (χ3v) is 4.67. The van der Waals surface area contributed by atoms with E-state index in [4.69, 9.17) is 4.42 Å². The molecule has 0 unspecified atom stereocenters. The molecule has 7 heteroatoms. The van der Waals surface area contributed by atoms with Crippen LogP contribution in [0.15, 0.2) is 44.2 Å². The second kappa shape index (κ2) is 5.68. The van der Waals surface area contributed by atoms with Crippen molar-refractivity contribution in [3.05, 3.63) is 62.1 Å². The molecule has 0 radical (unpaired) electrons. The molecule has 0 atom stereocenters. The van der Waals surface area contributed by atoms with Crippen molar-refractivity contribution in [2.45, 2.75) is 20.4 Å². The molecular weight excluding hydrogens is 324 g/mol. The lowest BCUT2D eigenvalue weighted by atomic mass is 10.0. The topological polar surface area (TPSA) is 73.8 Å². The first-order valence-electron chi connectivity index (χ1n) is 7.44. The molecule has 120 valence electrons. The lowest BCUT2D eigenvalue weighted by Gasteiger charge is -2.07. The van der Waals surface area contributed by atoms with Crippen molar-refractivity contribution in [2.75, 3.05) is 0 Å². The highest BCUT2D eigenvalue weighted by Crippen LogP contribution is 2.22. The number of benzene rings is 1. The Balaban J connectivity index is 1.77. The van der Waals surface area contributed by atoms with Gasteiger partial charge in [-0.3, -0.25) is 0 Å². The van der Waals surface area contributed by atoms with Crippen LogP contribution in [0, 0.1) is 13.8 Å². The molecule has 0 saturated carbocycles. The first-order valence-corrected chi connectivity index (χ1v) is 8.39. The Morgan fingerprint density at radius 3 is 2.83 bits per heavy atom. The molecular formula is C17H14N4O2S. The zero-order valence-corrected chi connectivity index (χ0v) is 14.0. The number of rotatable bonds is 3. The summed E-state index contributed by atoms with van der Waals surface area (Å²) in [5.74, 6) is 0.579. The molecule has 6 nitrogen and oxygen atoms in total. The van der Waals surface area contributed by atoms with Gasteiger partial charge in [0.1, 0.15) is 5.58 Å². The van der Waals surface area contributed by atoms with Crippen molar-refractivity contribution < 1.29 is 4.42 Å². The summed E-state index contributed by atoms with van der Waals surface area (Å²) in [4.78, 5) is 13.3. The molecule has 0 N–H and O–H groups in total. The summed E-state index contributed by atoms with van der Waals surface area (Å²) in [6.45, 7) is 4.39. The largest absolute Gasteiger partial charge is 0.423 e. The van der Waals surface area contributed by atoms with Gasteiger partial charge in [0.05, 0.1) is 6.54 Å². The number of tetrazole rings is 1. The second-order valence-corrected chi connectivity index (χ2v) is 6.46. The lowest BCUT2D eigenvalue weighted by molar-refractivity contribution is 0.545. The van der Waals surface area contributed by atoms with Crippen LogP contribution in [0.3, 0.4) is 0 Å². The molecule has 0 bridgehead atoms. The molecule has 1 aromatic carbocycles. The Hall–Kier alpha value is -2.80. The number of aryl methyl sites for hydroxylation is 2. The summed E-state index contributed by atoms with van der Waals surface area (Å²) in [5, 5.41) is 17.4. The lowest BCUT2D eigenvalue weighted by Crippen LogP contribution is -2.08. The van der Waals surface area contributed by atoms with E-state index in [-0.39, 0.29) is 5.63 Å². The van der Waals surface area contributed by atoms with E-state index in [0.717, 1.165) is 27.6 Å². The van der Waals surface area contributed by atoms with Crippen molar-refractivity contribution in [1.82, 2.24) is 20.2 Å². The molecule has 3 aromatic heterocycles. The minimum atomic E-state index is -0.376. The monoisotopic (exact) mass is 338 g/mol. The fraction of sp³-hybridized carbons (Fsp3) is 0.176. The van der Waals surface area contributed by atoms with Gasteiger partial charge in [0.2, 0.25) is 5.82 Å². The van der Waals surface area contributed by atoms with Crippen LogP contribution in [0.1, 0.15) is 16.7 Å². The van der Waals surface area contributed by atoms with E-state index in [9.17, 15) is 4.79 Å². The van der Waals surface area contributed by atoms with Crippen LogP contribution < -0.4 is 5.63 Å². The van der Waals surface area contributed by atoms with Crippen molar-refractivity contribution >= 4 is 22.3 Å². The zero-order chi connectivity index (χ0) is 16.7. The average Bonchev–Trinajstić information content (AvgIpc) is 3.20. The van der Waals surface area contributed by atoms with Gasteiger partial charge in [0.15, 0.2) is 0 Å². The molecule has 24 heavy (non-hydrogen) atoms. The first kappa shape index (κ1) is 14.8. The summed E-state index contributed by atoms with van der Waals surface area (Å²) in [6.07, 6.45) is 0. The van der Waals surface area contributed by atoms with Gasteiger partial charge < -0.3 is 4.42 Å². The molecule has 0 amide bonds. The van der Waals surface area contributed by atoms with E-state index in [1.807, 2.05) is 42.8 Å². The van der Waals surface area contributed by atoms with Gasteiger partial charge in [-0.2, -0.15) is 16.1 Å². The molecule has 0 spiro atoms. The van der Waals surface area contributed by atoms with Gasteiger partial charge in [0, 0.05) is 22.4 Å². The van der Waals surface area contributed by atoms with E-state index in [0.29, 0.717) is 18.0 Å². The number of fused-ring (bicyclic) bond motifs is 1. The van der Waals surface area contributed by atoms with Gasteiger partial charge in [0.25, 0.3) is 0 Å². The van der Waals surface area contributed by atoms with Crippen LogP contribution in [-0.4, -0.2) is 20.2 Å². The number of hydrogen-bond donors (Lipinski definition) is 0. The first-order chi connectivity index (χ1) is 11.6. The molecule has 3 heterocycles. The molecule has 0 fully saturated rings. The standard InChI is InChI=1S/C17H14N4O2S/c1-10-5-14-13(7-16(22)23-15(14)6-11(10)2)8-21-19-17(18-20-21)12-3-4-24-9-12/h3-7,9H,8H2,1-2H3. The average molecular weight is 338 g/mol. The molecule has 4 aromatic rings. The molecule has 0 aliphatic carbocycles. The quantitative estimate of drug-likeness (QED) is 0.536. The Morgan fingerprint density at radius 1 is 1.21 bits per heavy atom. The van der Waals surface area contributed by atoms with Gasteiger partial charge in [-0.25, -0.2) is 4.79 Å². The minimum Gasteiger partial charge on any atom is -0.423 e. The summed E-state index contributed by atoms with van der Waals surface area (Å²) >= 11 is 1.58. The second-order valence-electron chi connectivity index (χ2n) is 5.68. The zero-order valence-electron chi connectivity index (χ0n) is 13.2. The van der Waals surface area contributed by atoms with Crippen molar-refractivity contribution in [3.63, 3.8) is 0 Å². The van der Waals surface area contributed by atoms with E-state index >= 15 is 0 Å². The predicted octanol–water partition coefficient (Wildman–Crippen LogP) is 3.17. The number of hydrogen-bond acceptors (Lipinski definition) is 6. The fourth-order valence-electron chi connectivity index (χ4n) is 2.58. The SMILES string of the molecule is Cc1cc2oc(=O)cc(Cn3nnc(-c4ccsc4)n3)c2cc1C.